The largest absolute Gasteiger partial charge is 0.392 e. The molecule has 0 heterocycles. The minimum absolute atomic E-state index is 0.0156. The topological polar surface area (TPSA) is 41.5 Å². The molecule has 1 aliphatic carbocycles. The summed E-state index contributed by atoms with van der Waals surface area (Å²) in [6.45, 7) is 12.0. The molecule has 3 nitrogen and oxygen atoms in total. The van der Waals surface area contributed by atoms with Gasteiger partial charge >= 0.3 is 0 Å². The zero-order valence-corrected chi connectivity index (χ0v) is 10.6. The van der Waals surface area contributed by atoms with Crippen LogP contribution in [0.5, 0.6) is 0 Å². The molecule has 3 heteroatoms. The molecule has 0 saturated heterocycles. The maximum absolute atomic E-state index is 9.56. The van der Waals surface area contributed by atoms with Crippen LogP contribution in [0, 0.1) is 5.41 Å². The van der Waals surface area contributed by atoms with E-state index in [0.29, 0.717) is 6.04 Å². The Balaban J connectivity index is 2.12. The predicted molar refractivity (Wildman–Crippen MR) is 61.9 cm³/mol. The number of nitrogens with one attached hydrogen (secondary N) is 1. The smallest absolute Gasteiger partial charge is 0.0621 e. The van der Waals surface area contributed by atoms with E-state index in [9.17, 15) is 5.11 Å². The summed E-state index contributed by atoms with van der Waals surface area (Å²) < 4.78 is 5.62. The quantitative estimate of drug-likeness (QED) is 0.699. The first-order valence-corrected chi connectivity index (χ1v) is 5.79. The molecule has 0 spiro atoms. The maximum atomic E-state index is 9.56. The van der Waals surface area contributed by atoms with Gasteiger partial charge in [0, 0.05) is 18.0 Å². The molecule has 90 valence electrons. The van der Waals surface area contributed by atoms with E-state index in [1.54, 1.807) is 0 Å². The van der Waals surface area contributed by atoms with Crippen LogP contribution in [0.4, 0.5) is 0 Å². The van der Waals surface area contributed by atoms with E-state index >= 15 is 0 Å². The van der Waals surface area contributed by atoms with E-state index in [4.69, 9.17) is 4.74 Å². The Labute approximate surface area is 93.2 Å². The monoisotopic (exact) mass is 215 g/mol. The highest BCUT2D eigenvalue weighted by atomic mass is 16.5. The van der Waals surface area contributed by atoms with Gasteiger partial charge in [0.15, 0.2) is 0 Å². The molecule has 2 unspecified atom stereocenters. The number of aliphatic hydroxyl groups is 1. The van der Waals surface area contributed by atoms with Crippen molar-refractivity contribution in [3.8, 4) is 0 Å². The minimum Gasteiger partial charge on any atom is -0.392 e. The molecule has 0 amide bonds. The van der Waals surface area contributed by atoms with Gasteiger partial charge in [-0.2, -0.15) is 0 Å². The molecule has 0 aromatic heterocycles. The Hall–Kier alpha value is -0.120. The van der Waals surface area contributed by atoms with Crippen molar-refractivity contribution in [3.05, 3.63) is 0 Å². The van der Waals surface area contributed by atoms with Crippen molar-refractivity contribution in [2.75, 3.05) is 13.2 Å². The van der Waals surface area contributed by atoms with Gasteiger partial charge in [0.1, 0.15) is 0 Å². The van der Waals surface area contributed by atoms with Gasteiger partial charge in [-0.1, -0.05) is 13.8 Å². The van der Waals surface area contributed by atoms with Crippen LogP contribution >= 0.6 is 0 Å². The summed E-state index contributed by atoms with van der Waals surface area (Å²) >= 11 is 0. The average Bonchev–Trinajstić information content (AvgIpc) is 2.08. The standard InChI is InChI=1S/C12H25NO2/c1-11(2,3)15-7-6-13-9-8-10(14)12(9,4)5/h9-10,13-14H,6-8H2,1-5H3. The first-order valence-electron chi connectivity index (χ1n) is 5.79. The highest BCUT2D eigenvalue weighted by Gasteiger charge is 2.46. The Bertz CT molecular complexity index is 208. The number of ether oxygens (including phenoxy) is 1. The van der Waals surface area contributed by atoms with Crippen molar-refractivity contribution >= 4 is 0 Å². The number of aliphatic hydroxyl groups excluding tert-OH is 1. The highest BCUT2D eigenvalue weighted by Crippen LogP contribution is 2.40. The third-order valence-electron chi connectivity index (χ3n) is 3.24. The lowest BCUT2D eigenvalue weighted by atomic mass is 9.64. The zero-order chi connectivity index (χ0) is 11.7. The minimum atomic E-state index is -0.154. The van der Waals surface area contributed by atoms with Crippen LogP contribution in [0.25, 0.3) is 0 Å². The van der Waals surface area contributed by atoms with Gasteiger partial charge in [0.25, 0.3) is 0 Å². The van der Waals surface area contributed by atoms with Gasteiger partial charge < -0.3 is 15.2 Å². The van der Waals surface area contributed by atoms with Crippen molar-refractivity contribution < 1.29 is 9.84 Å². The fraction of sp³-hybridized carbons (Fsp3) is 1.00. The fourth-order valence-corrected chi connectivity index (χ4v) is 1.84. The molecule has 1 saturated carbocycles. The molecule has 0 aromatic rings. The summed E-state index contributed by atoms with van der Waals surface area (Å²) in [7, 11) is 0. The second-order valence-electron chi connectivity index (χ2n) is 6.04. The van der Waals surface area contributed by atoms with E-state index in [0.717, 1.165) is 19.6 Å². The molecular weight excluding hydrogens is 190 g/mol. The van der Waals surface area contributed by atoms with Crippen molar-refractivity contribution in [2.24, 2.45) is 5.41 Å². The second-order valence-corrected chi connectivity index (χ2v) is 6.04. The van der Waals surface area contributed by atoms with Crippen LogP contribution in [0.3, 0.4) is 0 Å². The Morgan fingerprint density at radius 3 is 2.40 bits per heavy atom. The molecule has 0 bridgehead atoms. The van der Waals surface area contributed by atoms with Crippen molar-refractivity contribution in [1.29, 1.82) is 0 Å². The third kappa shape index (κ3) is 3.44. The Kier molecular flexibility index (Phi) is 3.80. The number of hydrogen-bond donors (Lipinski definition) is 2. The predicted octanol–water partition coefficient (Wildman–Crippen LogP) is 1.55. The van der Waals surface area contributed by atoms with Crippen molar-refractivity contribution in [3.63, 3.8) is 0 Å². The van der Waals surface area contributed by atoms with E-state index in [1.807, 2.05) is 0 Å². The summed E-state index contributed by atoms with van der Waals surface area (Å²) in [5, 5.41) is 13.0. The van der Waals surface area contributed by atoms with Gasteiger partial charge in [-0.05, 0) is 27.2 Å². The van der Waals surface area contributed by atoms with E-state index in [2.05, 4.69) is 39.9 Å². The molecule has 1 rings (SSSR count). The molecule has 0 radical (unpaired) electrons. The summed E-state index contributed by atoms with van der Waals surface area (Å²) in [5.74, 6) is 0. The second kappa shape index (κ2) is 4.40. The Morgan fingerprint density at radius 1 is 1.40 bits per heavy atom. The number of rotatable bonds is 4. The van der Waals surface area contributed by atoms with Crippen LogP contribution in [0.1, 0.15) is 41.0 Å². The summed E-state index contributed by atoms with van der Waals surface area (Å²) in [6, 6.07) is 0.427. The molecule has 2 atom stereocenters. The first-order chi connectivity index (χ1) is 6.73. The van der Waals surface area contributed by atoms with Gasteiger partial charge in [0.05, 0.1) is 18.3 Å². The fourth-order valence-electron chi connectivity index (χ4n) is 1.84. The van der Waals surface area contributed by atoms with Gasteiger partial charge in [0.2, 0.25) is 0 Å². The molecule has 1 fully saturated rings. The lowest BCUT2D eigenvalue weighted by Crippen LogP contribution is -2.60. The van der Waals surface area contributed by atoms with Gasteiger partial charge in [-0.25, -0.2) is 0 Å². The van der Waals surface area contributed by atoms with Crippen LogP contribution in [0.15, 0.2) is 0 Å². The lowest BCUT2D eigenvalue weighted by Gasteiger charge is -2.49. The molecule has 2 N–H and O–H groups in total. The van der Waals surface area contributed by atoms with E-state index in [-0.39, 0.29) is 17.1 Å². The summed E-state index contributed by atoms with van der Waals surface area (Å²) in [4.78, 5) is 0. The lowest BCUT2D eigenvalue weighted by molar-refractivity contribution is -0.0766. The molecule has 15 heavy (non-hydrogen) atoms. The zero-order valence-electron chi connectivity index (χ0n) is 10.6. The first kappa shape index (κ1) is 12.9. The van der Waals surface area contributed by atoms with Gasteiger partial charge in [-0.15, -0.1) is 0 Å². The molecule has 0 aliphatic heterocycles. The third-order valence-corrected chi connectivity index (χ3v) is 3.24. The molecular formula is C12H25NO2. The van der Waals surface area contributed by atoms with Gasteiger partial charge in [-0.3, -0.25) is 0 Å². The normalized spacial score (nSPS) is 30.0. The van der Waals surface area contributed by atoms with Crippen LogP contribution in [-0.4, -0.2) is 36.0 Å². The summed E-state index contributed by atoms with van der Waals surface area (Å²) in [6.07, 6.45) is 0.709. The Morgan fingerprint density at radius 2 is 2.00 bits per heavy atom. The van der Waals surface area contributed by atoms with E-state index < -0.39 is 0 Å². The molecule has 0 aromatic carbocycles. The van der Waals surface area contributed by atoms with E-state index in [1.165, 1.54) is 0 Å². The van der Waals surface area contributed by atoms with Crippen LogP contribution in [0.2, 0.25) is 0 Å². The van der Waals surface area contributed by atoms with Crippen LogP contribution in [-0.2, 0) is 4.74 Å². The average molecular weight is 215 g/mol. The van der Waals surface area contributed by atoms with Crippen molar-refractivity contribution in [2.45, 2.75) is 58.8 Å². The van der Waals surface area contributed by atoms with Crippen molar-refractivity contribution in [1.82, 2.24) is 5.32 Å². The van der Waals surface area contributed by atoms with Crippen LogP contribution < -0.4 is 5.32 Å². The maximum Gasteiger partial charge on any atom is 0.0621 e. The molecule has 1 aliphatic rings. The SMILES string of the molecule is CC(C)(C)OCCNC1CC(O)C1(C)C. The highest BCUT2D eigenvalue weighted by molar-refractivity contribution is 5.01. The number of hydrogen-bond acceptors (Lipinski definition) is 3. The summed E-state index contributed by atoms with van der Waals surface area (Å²) in [5.41, 5.74) is -0.0436.